The first-order valence-corrected chi connectivity index (χ1v) is 6.69. The van der Waals surface area contributed by atoms with Gasteiger partial charge in [0, 0.05) is 24.2 Å². The summed E-state index contributed by atoms with van der Waals surface area (Å²) in [5.74, 6) is 0. The number of para-hydroxylation sites is 1. The Labute approximate surface area is 115 Å². The summed E-state index contributed by atoms with van der Waals surface area (Å²) in [4.78, 5) is 0. The minimum absolute atomic E-state index is 0.116. The van der Waals surface area contributed by atoms with Gasteiger partial charge < -0.3 is 11.1 Å². The third-order valence-electron chi connectivity index (χ3n) is 3.49. The summed E-state index contributed by atoms with van der Waals surface area (Å²) in [6.07, 6.45) is 0. The number of rotatable bonds is 5. The molecule has 2 rings (SSSR count). The molecule has 0 aliphatic rings. The number of hydrogen-bond donors (Lipinski definition) is 2. The van der Waals surface area contributed by atoms with Gasteiger partial charge in [-0.3, -0.25) is 0 Å². The van der Waals surface area contributed by atoms with Crippen molar-refractivity contribution in [1.82, 2.24) is 5.32 Å². The Morgan fingerprint density at radius 3 is 2.26 bits per heavy atom. The first-order chi connectivity index (χ1) is 9.09. The van der Waals surface area contributed by atoms with Crippen LogP contribution in [0, 0.1) is 0 Å². The van der Waals surface area contributed by atoms with Crippen LogP contribution in [0.15, 0.2) is 54.6 Å². The molecule has 2 aromatic rings. The summed E-state index contributed by atoms with van der Waals surface area (Å²) in [6.45, 7) is 6.24. The summed E-state index contributed by atoms with van der Waals surface area (Å²) in [5, 5.41) is 3.50. The minimum atomic E-state index is 0.116. The van der Waals surface area contributed by atoms with Gasteiger partial charge in [-0.1, -0.05) is 62.4 Å². The lowest BCUT2D eigenvalue weighted by Gasteiger charge is -2.26. The first-order valence-electron chi connectivity index (χ1n) is 6.69. The van der Waals surface area contributed by atoms with E-state index >= 15 is 0 Å². The predicted octanol–water partition coefficient (Wildman–Crippen LogP) is 3.34. The second kappa shape index (κ2) is 5.89. The Balaban J connectivity index is 1.94. The van der Waals surface area contributed by atoms with Crippen molar-refractivity contribution in [2.75, 3.05) is 12.3 Å². The van der Waals surface area contributed by atoms with E-state index in [1.807, 2.05) is 18.2 Å². The Morgan fingerprint density at radius 2 is 1.58 bits per heavy atom. The number of nitrogens with two attached hydrogens (primary N) is 1. The van der Waals surface area contributed by atoms with Gasteiger partial charge in [0.05, 0.1) is 0 Å². The lowest BCUT2D eigenvalue weighted by Crippen LogP contribution is -2.32. The molecule has 0 aliphatic heterocycles. The van der Waals surface area contributed by atoms with E-state index in [4.69, 9.17) is 5.73 Å². The molecule has 0 fully saturated rings. The fourth-order valence-electron chi connectivity index (χ4n) is 2.20. The van der Waals surface area contributed by atoms with Crippen molar-refractivity contribution in [2.45, 2.75) is 25.8 Å². The molecule has 0 bridgehead atoms. The van der Waals surface area contributed by atoms with E-state index in [0.717, 1.165) is 24.3 Å². The van der Waals surface area contributed by atoms with E-state index in [9.17, 15) is 0 Å². The number of benzene rings is 2. The Bertz CT molecular complexity index is 518. The van der Waals surface area contributed by atoms with Crippen LogP contribution in [0.3, 0.4) is 0 Å². The van der Waals surface area contributed by atoms with Crippen molar-refractivity contribution in [3.8, 4) is 0 Å². The number of hydrogen-bond acceptors (Lipinski definition) is 2. The van der Waals surface area contributed by atoms with E-state index in [1.54, 1.807) is 0 Å². The lowest BCUT2D eigenvalue weighted by atomic mass is 9.84. The number of anilines is 1. The molecule has 0 amide bonds. The molecule has 0 radical (unpaired) electrons. The van der Waals surface area contributed by atoms with Crippen LogP contribution in [0.25, 0.3) is 0 Å². The summed E-state index contributed by atoms with van der Waals surface area (Å²) >= 11 is 0. The predicted molar refractivity (Wildman–Crippen MR) is 82.0 cm³/mol. The molecule has 0 saturated carbocycles. The SMILES string of the molecule is CC(C)(CNCc1ccccc1N)c1ccccc1. The van der Waals surface area contributed by atoms with Crippen LogP contribution in [0.5, 0.6) is 0 Å². The van der Waals surface area contributed by atoms with Gasteiger partial charge in [0.2, 0.25) is 0 Å². The maximum atomic E-state index is 5.94. The largest absolute Gasteiger partial charge is 0.398 e. The molecule has 2 nitrogen and oxygen atoms in total. The minimum Gasteiger partial charge on any atom is -0.398 e. The average molecular weight is 254 g/mol. The summed E-state index contributed by atoms with van der Waals surface area (Å²) < 4.78 is 0. The standard InChI is InChI=1S/C17H22N2/c1-17(2,15-9-4-3-5-10-15)13-19-12-14-8-6-7-11-16(14)18/h3-11,19H,12-13,18H2,1-2H3. The zero-order valence-electron chi connectivity index (χ0n) is 11.7. The third-order valence-corrected chi connectivity index (χ3v) is 3.49. The van der Waals surface area contributed by atoms with Gasteiger partial charge in [-0.2, -0.15) is 0 Å². The highest BCUT2D eigenvalue weighted by atomic mass is 14.9. The van der Waals surface area contributed by atoms with Crippen LogP contribution in [0.4, 0.5) is 5.69 Å². The van der Waals surface area contributed by atoms with Crippen LogP contribution < -0.4 is 11.1 Å². The summed E-state index contributed by atoms with van der Waals surface area (Å²) in [6, 6.07) is 18.6. The molecule has 0 heterocycles. The van der Waals surface area contributed by atoms with Crippen molar-refractivity contribution < 1.29 is 0 Å². The average Bonchev–Trinajstić information content (AvgIpc) is 2.42. The molecule has 0 unspecified atom stereocenters. The van der Waals surface area contributed by atoms with E-state index in [0.29, 0.717) is 0 Å². The van der Waals surface area contributed by atoms with Gasteiger partial charge >= 0.3 is 0 Å². The number of nitrogen functional groups attached to an aromatic ring is 1. The molecule has 2 heteroatoms. The van der Waals surface area contributed by atoms with Crippen molar-refractivity contribution >= 4 is 5.69 Å². The molecule has 0 spiro atoms. The molecule has 0 aliphatic carbocycles. The van der Waals surface area contributed by atoms with Gasteiger partial charge in [0.25, 0.3) is 0 Å². The second-order valence-corrected chi connectivity index (χ2v) is 5.55. The maximum Gasteiger partial charge on any atom is 0.0359 e. The van der Waals surface area contributed by atoms with Crippen LogP contribution in [0.1, 0.15) is 25.0 Å². The smallest absolute Gasteiger partial charge is 0.0359 e. The summed E-state index contributed by atoms with van der Waals surface area (Å²) in [5.41, 5.74) is 9.42. The molecule has 2 aromatic carbocycles. The quantitative estimate of drug-likeness (QED) is 0.803. The van der Waals surface area contributed by atoms with Gasteiger partial charge in [-0.25, -0.2) is 0 Å². The normalized spacial score (nSPS) is 11.5. The Kier molecular flexibility index (Phi) is 4.23. The summed E-state index contributed by atoms with van der Waals surface area (Å²) in [7, 11) is 0. The molecular weight excluding hydrogens is 232 g/mol. The Hall–Kier alpha value is -1.80. The monoisotopic (exact) mass is 254 g/mol. The van der Waals surface area contributed by atoms with E-state index in [-0.39, 0.29) is 5.41 Å². The van der Waals surface area contributed by atoms with Crippen molar-refractivity contribution in [2.24, 2.45) is 0 Å². The molecule has 19 heavy (non-hydrogen) atoms. The van der Waals surface area contributed by atoms with Crippen molar-refractivity contribution in [1.29, 1.82) is 0 Å². The van der Waals surface area contributed by atoms with Gasteiger partial charge in [0.15, 0.2) is 0 Å². The maximum absolute atomic E-state index is 5.94. The second-order valence-electron chi connectivity index (χ2n) is 5.55. The highest BCUT2D eigenvalue weighted by Crippen LogP contribution is 2.22. The highest BCUT2D eigenvalue weighted by Gasteiger charge is 2.19. The molecule has 0 aromatic heterocycles. The van der Waals surface area contributed by atoms with Crippen LogP contribution in [-0.4, -0.2) is 6.54 Å². The zero-order valence-corrected chi connectivity index (χ0v) is 11.7. The highest BCUT2D eigenvalue weighted by molar-refractivity contribution is 5.46. The van der Waals surface area contributed by atoms with Gasteiger partial charge in [0.1, 0.15) is 0 Å². The van der Waals surface area contributed by atoms with Crippen LogP contribution in [0.2, 0.25) is 0 Å². The fraction of sp³-hybridized carbons (Fsp3) is 0.294. The topological polar surface area (TPSA) is 38.0 Å². The molecule has 0 atom stereocenters. The zero-order chi connectivity index (χ0) is 13.7. The third kappa shape index (κ3) is 3.58. The van der Waals surface area contributed by atoms with Gasteiger partial charge in [-0.05, 0) is 17.2 Å². The van der Waals surface area contributed by atoms with E-state index < -0.39 is 0 Å². The van der Waals surface area contributed by atoms with Crippen LogP contribution in [-0.2, 0) is 12.0 Å². The molecule has 100 valence electrons. The molecular formula is C17H22N2. The lowest BCUT2D eigenvalue weighted by molar-refractivity contribution is 0.469. The number of nitrogens with one attached hydrogen (secondary N) is 1. The fourth-order valence-corrected chi connectivity index (χ4v) is 2.20. The van der Waals surface area contributed by atoms with E-state index in [1.165, 1.54) is 5.56 Å². The van der Waals surface area contributed by atoms with E-state index in [2.05, 4.69) is 55.6 Å². The van der Waals surface area contributed by atoms with Gasteiger partial charge in [-0.15, -0.1) is 0 Å². The first kappa shape index (κ1) is 13.6. The van der Waals surface area contributed by atoms with Crippen LogP contribution >= 0.6 is 0 Å². The molecule has 0 saturated heterocycles. The van der Waals surface area contributed by atoms with Crippen molar-refractivity contribution in [3.05, 3.63) is 65.7 Å². The Morgan fingerprint density at radius 1 is 0.947 bits per heavy atom. The molecule has 3 N–H and O–H groups in total. The van der Waals surface area contributed by atoms with Crippen molar-refractivity contribution in [3.63, 3.8) is 0 Å².